The third-order valence-electron chi connectivity index (χ3n) is 6.30. The number of aryl methyl sites for hydroxylation is 1. The number of fused-ring (bicyclic) bond motifs is 4. The largest absolute Gasteiger partial charge is 0.371 e. The molecule has 0 aliphatic carbocycles. The molecular formula is C26H25N3O2. The van der Waals surface area contributed by atoms with Crippen LogP contribution in [0.1, 0.15) is 26.3 Å². The van der Waals surface area contributed by atoms with Crippen LogP contribution >= 0.6 is 0 Å². The molecule has 0 amide bonds. The summed E-state index contributed by atoms with van der Waals surface area (Å²) in [4.78, 5) is 35.8. The van der Waals surface area contributed by atoms with Gasteiger partial charge in [-0.05, 0) is 62.2 Å². The van der Waals surface area contributed by atoms with Gasteiger partial charge in [0, 0.05) is 34.8 Å². The highest BCUT2D eigenvalue weighted by Gasteiger charge is 2.15. The van der Waals surface area contributed by atoms with Crippen molar-refractivity contribution < 1.29 is 0 Å². The topological polar surface area (TPSA) is 69.0 Å². The highest BCUT2D eigenvalue weighted by molar-refractivity contribution is 6.05. The molecule has 0 saturated heterocycles. The molecule has 2 aromatic heterocycles. The molecule has 5 rings (SSSR count). The molecule has 5 nitrogen and oxygen atoms in total. The Morgan fingerprint density at radius 3 is 2.03 bits per heavy atom. The lowest BCUT2D eigenvalue weighted by Crippen LogP contribution is -2.23. The minimum Gasteiger partial charge on any atom is -0.371 e. The standard InChI is InChI=1S/C26H25N3O2/c1-4-15-10-11-19-16(12-15)25(30)17-13-22-18(14-21(17)27-19)26(31)24-20(28-22)8-7-9-23(24)29(5-2)6-3/h7-14H,4-6H2,1-3H3,(H,27,30)(H,28,31). The Morgan fingerprint density at radius 2 is 1.35 bits per heavy atom. The molecule has 3 aromatic carbocycles. The van der Waals surface area contributed by atoms with Gasteiger partial charge in [-0.3, -0.25) is 9.59 Å². The first-order chi connectivity index (χ1) is 15.0. The van der Waals surface area contributed by atoms with E-state index < -0.39 is 0 Å². The normalized spacial score (nSPS) is 11.7. The van der Waals surface area contributed by atoms with Crippen molar-refractivity contribution in [2.75, 3.05) is 18.0 Å². The van der Waals surface area contributed by atoms with Crippen LogP contribution in [0.15, 0.2) is 58.1 Å². The van der Waals surface area contributed by atoms with Crippen molar-refractivity contribution in [2.45, 2.75) is 27.2 Å². The molecule has 0 radical (unpaired) electrons. The summed E-state index contributed by atoms with van der Waals surface area (Å²) >= 11 is 0. The van der Waals surface area contributed by atoms with Gasteiger partial charge in [0.15, 0.2) is 10.9 Å². The maximum Gasteiger partial charge on any atom is 0.199 e. The summed E-state index contributed by atoms with van der Waals surface area (Å²) < 4.78 is 0. The first-order valence-corrected chi connectivity index (χ1v) is 10.9. The lowest BCUT2D eigenvalue weighted by atomic mass is 10.0. The minimum absolute atomic E-state index is 0.0150. The summed E-state index contributed by atoms with van der Waals surface area (Å²) in [6, 6.07) is 15.4. The number of aromatic amines is 2. The SMILES string of the molecule is CCc1ccc2[nH]c3cc4c(=O)c5c(N(CC)CC)cccc5[nH]c4cc3c(=O)c2c1. The van der Waals surface area contributed by atoms with E-state index in [1.807, 2.05) is 48.5 Å². The number of aromatic nitrogens is 2. The molecule has 0 bridgehead atoms. The third-order valence-corrected chi connectivity index (χ3v) is 6.30. The van der Waals surface area contributed by atoms with Gasteiger partial charge in [-0.15, -0.1) is 0 Å². The van der Waals surface area contributed by atoms with Crippen LogP contribution in [-0.2, 0) is 6.42 Å². The van der Waals surface area contributed by atoms with Crippen LogP contribution in [0.2, 0.25) is 0 Å². The third kappa shape index (κ3) is 2.92. The number of nitrogens with one attached hydrogen (secondary N) is 2. The summed E-state index contributed by atoms with van der Waals surface area (Å²) in [5.74, 6) is 0. The van der Waals surface area contributed by atoms with Gasteiger partial charge in [-0.2, -0.15) is 0 Å². The highest BCUT2D eigenvalue weighted by Crippen LogP contribution is 2.27. The van der Waals surface area contributed by atoms with E-state index in [4.69, 9.17) is 0 Å². The fraction of sp³-hybridized carbons (Fsp3) is 0.231. The zero-order valence-electron chi connectivity index (χ0n) is 18.0. The van der Waals surface area contributed by atoms with Gasteiger partial charge < -0.3 is 14.9 Å². The fourth-order valence-corrected chi connectivity index (χ4v) is 4.57. The second kappa shape index (κ2) is 7.27. The Kier molecular flexibility index (Phi) is 4.54. The van der Waals surface area contributed by atoms with Gasteiger partial charge in [0.1, 0.15) is 0 Å². The number of H-pyrrole nitrogens is 2. The quantitative estimate of drug-likeness (QED) is 0.405. The molecule has 0 aliphatic heterocycles. The Bertz CT molecular complexity index is 1590. The molecule has 31 heavy (non-hydrogen) atoms. The van der Waals surface area contributed by atoms with Crippen LogP contribution in [0.3, 0.4) is 0 Å². The lowest BCUT2D eigenvalue weighted by molar-refractivity contribution is 0.870. The second-order valence-electron chi connectivity index (χ2n) is 7.96. The van der Waals surface area contributed by atoms with Crippen molar-refractivity contribution in [3.05, 3.63) is 74.5 Å². The Balaban J connectivity index is 1.89. The predicted octanol–water partition coefficient (Wildman–Crippen LogP) is 5.08. The summed E-state index contributed by atoms with van der Waals surface area (Å²) in [6.45, 7) is 7.90. The van der Waals surface area contributed by atoms with Crippen LogP contribution in [0.5, 0.6) is 0 Å². The van der Waals surface area contributed by atoms with Crippen molar-refractivity contribution in [3.8, 4) is 0 Å². The van der Waals surface area contributed by atoms with Crippen molar-refractivity contribution in [2.24, 2.45) is 0 Å². The van der Waals surface area contributed by atoms with Gasteiger partial charge >= 0.3 is 0 Å². The predicted molar refractivity (Wildman–Crippen MR) is 131 cm³/mol. The highest BCUT2D eigenvalue weighted by atomic mass is 16.1. The number of rotatable bonds is 4. The average molecular weight is 412 g/mol. The number of nitrogens with zero attached hydrogens (tertiary/aromatic N) is 1. The minimum atomic E-state index is -0.0181. The molecule has 156 valence electrons. The van der Waals surface area contributed by atoms with E-state index in [2.05, 4.69) is 35.6 Å². The van der Waals surface area contributed by atoms with Gasteiger partial charge in [-0.1, -0.05) is 19.1 Å². The lowest BCUT2D eigenvalue weighted by Gasteiger charge is -2.22. The maximum absolute atomic E-state index is 13.6. The average Bonchev–Trinajstić information content (AvgIpc) is 2.79. The summed E-state index contributed by atoms with van der Waals surface area (Å²) in [7, 11) is 0. The number of anilines is 1. The first kappa shape index (κ1) is 19.4. The Hall–Kier alpha value is -3.60. The molecule has 0 saturated carbocycles. The molecule has 0 aliphatic rings. The number of pyridine rings is 2. The van der Waals surface area contributed by atoms with E-state index in [1.54, 1.807) is 0 Å². The Labute approximate surface area is 179 Å². The van der Waals surface area contributed by atoms with Crippen molar-refractivity contribution in [1.82, 2.24) is 9.97 Å². The number of hydrogen-bond acceptors (Lipinski definition) is 3. The molecule has 0 fully saturated rings. The molecule has 2 heterocycles. The van der Waals surface area contributed by atoms with E-state index in [-0.39, 0.29) is 10.9 Å². The van der Waals surface area contributed by atoms with E-state index in [0.717, 1.165) is 41.8 Å². The van der Waals surface area contributed by atoms with Crippen LogP contribution in [0.25, 0.3) is 43.6 Å². The fourth-order valence-electron chi connectivity index (χ4n) is 4.57. The molecule has 0 atom stereocenters. The first-order valence-electron chi connectivity index (χ1n) is 10.9. The van der Waals surface area contributed by atoms with E-state index in [1.165, 1.54) is 0 Å². The van der Waals surface area contributed by atoms with Crippen molar-refractivity contribution >= 4 is 49.3 Å². The molecule has 5 aromatic rings. The van der Waals surface area contributed by atoms with Gasteiger partial charge in [0.05, 0.1) is 27.6 Å². The van der Waals surface area contributed by atoms with Crippen molar-refractivity contribution in [1.29, 1.82) is 0 Å². The van der Waals surface area contributed by atoms with Gasteiger partial charge in [-0.25, -0.2) is 0 Å². The smallest absolute Gasteiger partial charge is 0.199 e. The maximum atomic E-state index is 13.6. The summed E-state index contributed by atoms with van der Waals surface area (Å²) in [5.41, 5.74) is 4.96. The molecule has 2 N–H and O–H groups in total. The van der Waals surface area contributed by atoms with E-state index in [0.29, 0.717) is 32.6 Å². The van der Waals surface area contributed by atoms with Crippen LogP contribution in [0.4, 0.5) is 5.69 Å². The van der Waals surface area contributed by atoms with Crippen LogP contribution in [0, 0.1) is 0 Å². The zero-order chi connectivity index (χ0) is 21.7. The summed E-state index contributed by atoms with van der Waals surface area (Å²) in [6.07, 6.45) is 0.874. The van der Waals surface area contributed by atoms with Crippen LogP contribution < -0.4 is 15.8 Å². The zero-order valence-corrected chi connectivity index (χ0v) is 18.0. The second-order valence-corrected chi connectivity index (χ2v) is 7.96. The summed E-state index contributed by atoms with van der Waals surface area (Å²) in [5, 5.41) is 2.54. The molecule has 0 unspecified atom stereocenters. The van der Waals surface area contributed by atoms with Gasteiger partial charge in [0.25, 0.3) is 0 Å². The Morgan fingerprint density at radius 1 is 0.710 bits per heavy atom. The van der Waals surface area contributed by atoms with Gasteiger partial charge in [0.2, 0.25) is 0 Å². The van der Waals surface area contributed by atoms with E-state index in [9.17, 15) is 9.59 Å². The monoisotopic (exact) mass is 411 g/mol. The molecule has 5 heteroatoms. The number of benzene rings is 3. The molecular weight excluding hydrogens is 386 g/mol. The van der Waals surface area contributed by atoms with Crippen molar-refractivity contribution in [3.63, 3.8) is 0 Å². The molecule has 0 spiro atoms. The van der Waals surface area contributed by atoms with Crippen LogP contribution in [-0.4, -0.2) is 23.1 Å². The number of hydrogen-bond donors (Lipinski definition) is 2. The van der Waals surface area contributed by atoms with E-state index >= 15 is 0 Å².